The first kappa shape index (κ1) is 9.19. The van der Waals surface area contributed by atoms with Gasteiger partial charge in [0.1, 0.15) is 5.75 Å². The van der Waals surface area contributed by atoms with E-state index in [0.29, 0.717) is 0 Å². The first-order valence-corrected chi connectivity index (χ1v) is 5.31. The highest BCUT2D eigenvalue weighted by Gasteiger charge is 2.05. The lowest BCUT2D eigenvalue weighted by Gasteiger charge is -2.00. The van der Waals surface area contributed by atoms with E-state index in [0.717, 1.165) is 25.1 Å². The highest BCUT2D eigenvalue weighted by atomic mass is 35.5. The molecule has 68 valence electrons. The Morgan fingerprint density at radius 1 is 1.38 bits per heavy atom. The summed E-state index contributed by atoms with van der Waals surface area (Å²) in [6.07, 6.45) is 0. The van der Waals surface area contributed by atoms with Gasteiger partial charge >= 0.3 is 0 Å². The summed E-state index contributed by atoms with van der Waals surface area (Å²) in [6.45, 7) is 0. The van der Waals surface area contributed by atoms with Crippen LogP contribution in [0.25, 0.3) is 10.1 Å². The molecule has 2 rings (SSSR count). The van der Waals surface area contributed by atoms with Gasteiger partial charge in [-0.25, -0.2) is 0 Å². The van der Waals surface area contributed by atoms with Gasteiger partial charge in [-0.15, -0.1) is 24.0 Å². The number of thiophene rings is 1. The van der Waals surface area contributed by atoms with E-state index in [1.807, 2.05) is 18.2 Å². The molecule has 0 aliphatic heterocycles. The minimum atomic E-state index is 0.722. The van der Waals surface area contributed by atoms with Crippen molar-refractivity contribution < 1.29 is 4.74 Å². The largest absolute Gasteiger partial charge is 0.497 e. The second-order valence-corrected chi connectivity index (χ2v) is 4.86. The standard InChI is InChI=1S/C9H7ClOS2/c1-11-6-2-5-3-8(12)13-9(5)7(10)4-6/h2-4,12H,1H3. The molecular formula is C9H7ClOS2. The normalized spacial score (nSPS) is 10.7. The van der Waals surface area contributed by atoms with Crippen molar-refractivity contribution in [2.24, 2.45) is 0 Å². The Morgan fingerprint density at radius 2 is 2.15 bits per heavy atom. The van der Waals surface area contributed by atoms with Gasteiger partial charge in [0.25, 0.3) is 0 Å². The number of ether oxygens (including phenoxy) is 1. The molecule has 0 saturated heterocycles. The maximum absolute atomic E-state index is 6.05. The van der Waals surface area contributed by atoms with E-state index in [2.05, 4.69) is 12.6 Å². The molecule has 0 bridgehead atoms. The first-order chi connectivity index (χ1) is 6.20. The molecule has 0 aliphatic rings. The average molecular weight is 231 g/mol. The second-order valence-electron chi connectivity index (χ2n) is 2.61. The third-order valence-corrected chi connectivity index (χ3v) is 3.57. The summed E-state index contributed by atoms with van der Waals surface area (Å²) in [5.41, 5.74) is 0. The van der Waals surface area contributed by atoms with Crippen LogP contribution in [0, 0.1) is 0 Å². The smallest absolute Gasteiger partial charge is 0.121 e. The van der Waals surface area contributed by atoms with Crippen molar-refractivity contribution in [2.75, 3.05) is 7.11 Å². The molecule has 13 heavy (non-hydrogen) atoms. The number of thiol groups is 1. The van der Waals surface area contributed by atoms with Gasteiger partial charge in [0, 0.05) is 6.07 Å². The van der Waals surface area contributed by atoms with Crippen LogP contribution in [0.5, 0.6) is 5.75 Å². The fourth-order valence-corrected chi connectivity index (χ4v) is 2.72. The minimum Gasteiger partial charge on any atom is -0.497 e. The van der Waals surface area contributed by atoms with E-state index in [1.165, 1.54) is 0 Å². The summed E-state index contributed by atoms with van der Waals surface area (Å²) >= 11 is 11.9. The zero-order valence-corrected chi connectivity index (χ0v) is 9.34. The van der Waals surface area contributed by atoms with Gasteiger partial charge in [-0.05, 0) is 17.5 Å². The molecule has 0 unspecified atom stereocenters. The molecular weight excluding hydrogens is 224 g/mol. The van der Waals surface area contributed by atoms with E-state index in [9.17, 15) is 0 Å². The van der Waals surface area contributed by atoms with Crippen LogP contribution in [0.1, 0.15) is 0 Å². The Kier molecular flexibility index (Phi) is 2.41. The second kappa shape index (κ2) is 3.40. The first-order valence-electron chi connectivity index (χ1n) is 3.67. The molecule has 0 spiro atoms. The van der Waals surface area contributed by atoms with Gasteiger partial charge in [0.15, 0.2) is 0 Å². The molecule has 1 heterocycles. The summed E-state index contributed by atoms with van der Waals surface area (Å²) in [5, 5.41) is 1.80. The molecule has 4 heteroatoms. The molecule has 0 amide bonds. The molecule has 0 aliphatic carbocycles. The van der Waals surface area contributed by atoms with E-state index in [4.69, 9.17) is 16.3 Å². The van der Waals surface area contributed by atoms with Crippen molar-refractivity contribution in [1.82, 2.24) is 0 Å². The molecule has 0 fully saturated rings. The van der Waals surface area contributed by atoms with Crippen molar-refractivity contribution >= 4 is 45.7 Å². The maximum Gasteiger partial charge on any atom is 0.121 e. The van der Waals surface area contributed by atoms with Gasteiger partial charge in [-0.2, -0.15) is 0 Å². The van der Waals surface area contributed by atoms with Crippen LogP contribution in [0.15, 0.2) is 22.4 Å². The number of benzene rings is 1. The minimum absolute atomic E-state index is 0.722. The van der Waals surface area contributed by atoms with Crippen molar-refractivity contribution in [3.05, 3.63) is 23.2 Å². The SMILES string of the molecule is COc1cc(Cl)c2sc(S)cc2c1. The van der Waals surface area contributed by atoms with Crippen LogP contribution in [-0.4, -0.2) is 7.11 Å². The Balaban J connectivity index is 2.75. The van der Waals surface area contributed by atoms with E-state index in [1.54, 1.807) is 18.4 Å². The van der Waals surface area contributed by atoms with Gasteiger partial charge in [0.05, 0.1) is 21.0 Å². The van der Waals surface area contributed by atoms with Crippen molar-refractivity contribution in [3.63, 3.8) is 0 Å². The van der Waals surface area contributed by atoms with E-state index >= 15 is 0 Å². The summed E-state index contributed by atoms with van der Waals surface area (Å²) in [5.74, 6) is 0.781. The summed E-state index contributed by atoms with van der Waals surface area (Å²) in [7, 11) is 1.63. The highest BCUT2D eigenvalue weighted by Crippen LogP contribution is 2.36. The van der Waals surface area contributed by atoms with Gasteiger partial charge in [-0.1, -0.05) is 11.6 Å². The van der Waals surface area contributed by atoms with Gasteiger partial charge < -0.3 is 4.74 Å². The van der Waals surface area contributed by atoms with Crippen LogP contribution in [0.4, 0.5) is 0 Å². The Labute approximate surface area is 90.7 Å². The fourth-order valence-electron chi connectivity index (χ4n) is 1.19. The number of fused-ring (bicyclic) bond motifs is 1. The molecule has 0 atom stereocenters. The number of halogens is 1. The zero-order chi connectivity index (χ0) is 9.42. The predicted molar refractivity (Wildman–Crippen MR) is 60.6 cm³/mol. The Bertz CT molecular complexity index is 450. The quantitative estimate of drug-likeness (QED) is 0.733. The lowest BCUT2D eigenvalue weighted by atomic mass is 10.2. The molecule has 1 nitrogen and oxygen atoms in total. The lowest BCUT2D eigenvalue weighted by Crippen LogP contribution is -1.81. The fraction of sp³-hybridized carbons (Fsp3) is 0.111. The van der Waals surface area contributed by atoms with Gasteiger partial charge in [0.2, 0.25) is 0 Å². The summed E-state index contributed by atoms with van der Waals surface area (Å²) in [6, 6.07) is 5.75. The van der Waals surface area contributed by atoms with Crippen LogP contribution in [-0.2, 0) is 0 Å². The van der Waals surface area contributed by atoms with Crippen LogP contribution < -0.4 is 4.74 Å². The van der Waals surface area contributed by atoms with Crippen molar-refractivity contribution in [2.45, 2.75) is 4.21 Å². The molecule has 1 aromatic heterocycles. The van der Waals surface area contributed by atoms with Crippen LogP contribution in [0.3, 0.4) is 0 Å². The third kappa shape index (κ3) is 1.64. The van der Waals surface area contributed by atoms with Crippen LogP contribution in [0.2, 0.25) is 5.02 Å². The topological polar surface area (TPSA) is 9.23 Å². The van der Waals surface area contributed by atoms with Crippen molar-refractivity contribution in [1.29, 1.82) is 0 Å². The lowest BCUT2D eigenvalue weighted by molar-refractivity contribution is 0.415. The number of methoxy groups -OCH3 is 1. The van der Waals surface area contributed by atoms with Gasteiger partial charge in [-0.3, -0.25) is 0 Å². The molecule has 1 aromatic carbocycles. The summed E-state index contributed by atoms with van der Waals surface area (Å²) < 4.78 is 7.13. The zero-order valence-electron chi connectivity index (χ0n) is 6.87. The van der Waals surface area contributed by atoms with E-state index in [-0.39, 0.29) is 0 Å². The summed E-state index contributed by atoms with van der Waals surface area (Å²) in [4.78, 5) is 0. The molecule has 2 aromatic rings. The number of hydrogen-bond acceptors (Lipinski definition) is 3. The third-order valence-electron chi connectivity index (χ3n) is 1.77. The monoisotopic (exact) mass is 230 g/mol. The molecule has 0 N–H and O–H groups in total. The van der Waals surface area contributed by atoms with Crippen molar-refractivity contribution in [3.8, 4) is 5.75 Å². The Hall–Kier alpha value is -0.380. The maximum atomic E-state index is 6.05. The van der Waals surface area contributed by atoms with Crippen LogP contribution >= 0.6 is 35.6 Å². The molecule has 0 saturated carbocycles. The highest BCUT2D eigenvalue weighted by molar-refractivity contribution is 7.83. The van der Waals surface area contributed by atoms with E-state index < -0.39 is 0 Å². The number of hydrogen-bond donors (Lipinski definition) is 1. The average Bonchev–Trinajstić information content (AvgIpc) is 2.46. The number of rotatable bonds is 1. The predicted octanol–water partition coefficient (Wildman–Crippen LogP) is 3.85. The Morgan fingerprint density at radius 3 is 2.85 bits per heavy atom. The molecule has 0 radical (unpaired) electrons.